The molecule has 0 aromatic carbocycles. The average molecular weight is 238 g/mol. The molecule has 0 bridgehead atoms. The number of hydrogen-bond donors (Lipinski definition) is 0. The van der Waals surface area contributed by atoms with Gasteiger partial charge in [-0.05, 0) is 36.8 Å². The van der Waals surface area contributed by atoms with Gasteiger partial charge in [0.2, 0.25) is 5.88 Å². The highest BCUT2D eigenvalue weighted by atomic mass is 32.2. The summed E-state index contributed by atoms with van der Waals surface area (Å²) in [6, 6.07) is 3.98. The molecule has 1 aliphatic heterocycles. The zero-order valence-corrected chi connectivity index (χ0v) is 10.7. The molecule has 1 aromatic heterocycles. The third kappa shape index (κ3) is 3.12. The Balaban J connectivity index is 1.92. The summed E-state index contributed by atoms with van der Waals surface area (Å²) < 4.78 is 7.47. The molecule has 1 fully saturated rings. The largest absolute Gasteiger partial charge is 0.481 e. The first-order valence-corrected chi connectivity index (χ1v) is 6.48. The third-order valence-electron chi connectivity index (χ3n) is 2.77. The maximum Gasteiger partial charge on any atom is 0.212 e. The van der Waals surface area contributed by atoms with Gasteiger partial charge in [-0.25, -0.2) is 9.29 Å². The minimum absolute atomic E-state index is 0.677. The lowest BCUT2D eigenvalue weighted by Crippen LogP contribution is -2.28. The lowest BCUT2D eigenvalue weighted by Gasteiger charge is -2.29. The molecule has 16 heavy (non-hydrogen) atoms. The van der Waals surface area contributed by atoms with E-state index in [0.29, 0.717) is 5.88 Å². The number of hydrogen-bond acceptors (Lipinski definition) is 4. The van der Waals surface area contributed by atoms with E-state index in [4.69, 9.17) is 4.74 Å². The summed E-state index contributed by atoms with van der Waals surface area (Å²) in [5, 5.41) is 0. The van der Waals surface area contributed by atoms with Crippen LogP contribution in [0.15, 0.2) is 23.2 Å². The van der Waals surface area contributed by atoms with E-state index in [-0.39, 0.29) is 0 Å². The number of ether oxygens (including phenoxy) is 1. The minimum atomic E-state index is 0.677. The number of pyridine rings is 1. The first-order chi connectivity index (χ1) is 7.78. The predicted molar refractivity (Wildman–Crippen MR) is 66.6 cm³/mol. The summed E-state index contributed by atoms with van der Waals surface area (Å²) in [6.07, 6.45) is 4.54. The smallest absolute Gasteiger partial charge is 0.212 e. The first kappa shape index (κ1) is 11.7. The van der Waals surface area contributed by atoms with E-state index >= 15 is 0 Å². The van der Waals surface area contributed by atoms with Crippen LogP contribution < -0.4 is 4.74 Å². The van der Waals surface area contributed by atoms with Crippen molar-refractivity contribution in [3.05, 3.63) is 18.3 Å². The Hall–Kier alpha value is -0.740. The molecule has 0 N–H and O–H groups in total. The van der Waals surface area contributed by atoms with Gasteiger partial charge in [0.25, 0.3) is 0 Å². The van der Waals surface area contributed by atoms with Crippen LogP contribution in [0, 0.1) is 5.92 Å². The van der Waals surface area contributed by atoms with E-state index in [2.05, 4.69) is 22.3 Å². The van der Waals surface area contributed by atoms with Crippen molar-refractivity contribution in [3.8, 4) is 5.88 Å². The predicted octanol–water partition coefficient (Wildman–Crippen LogP) is 2.83. The SMILES string of the molecule is COc1ccc(SN2CCCC(C)C2)cn1. The lowest BCUT2D eigenvalue weighted by atomic mass is 10.0. The monoisotopic (exact) mass is 238 g/mol. The van der Waals surface area contributed by atoms with E-state index in [1.54, 1.807) is 19.1 Å². The van der Waals surface area contributed by atoms with E-state index in [1.807, 2.05) is 12.3 Å². The summed E-state index contributed by atoms with van der Waals surface area (Å²) in [5.41, 5.74) is 0. The highest BCUT2D eigenvalue weighted by Gasteiger charge is 2.17. The first-order valence-electron chi connectivity index (χ1n) is 5.71. The Morgan fingerprint density at radius 3 is 3.00 bits per heavy atom. The van der Waals surface area contributed by atoms with Gasteiger partial charge in [-0.3, -0.25) is 0 Å². The molecule has 4 heteroatoms. The molecule has 0 radical (unpaired) electrons. The molecule has 1 unspecified atom stereocenters. The average Bonchev–Trinajstić information content (AvgIpc) is 2.30. The fraction of sp³-hybridized carbons (Fsp3) is 0.583. The van der Waals surface area contributed by atoms with Crippen molar-refractivity contribution in [2.45, 2.75) is 24.7 Å². The molecule has 2 heterocycles. The number of aromatic nitrogens is 1. The number of piperidine rings is 1. The van der Waals surface area contributed by atoms with Gasteiger partial charge in [-0.15, -0.1) is 0 Å². The quantitative estimate of drug-likeness (QED) is 0.756. The van der Waals surface area contributed by atoms with Gasteiger partial charge in [0.1, 0.15) is 0 Å². The molecular formula is C12H18N2OS. The van der Waals surface area contributed by atoms with Gasteiger partial charge >= 0.3 is 0 Å². The van der Waals surface area contributed by atoms with Crippen molar-refractivity contribution in [2.24, 2.45) is 5.92 Å². The molecule has 3 nitrogen and oxygen atoms in total. The second kappa shape index (κ2) is 5.55. The molecule has 0 saturated carbocycles. The van der Waals surface area contributed by atoms with Crippen molar-refractivity contribution in [1.29, 1.82) is 0 Å². The Morgan fingerprint density at radius 1 is 1.50 bits per heavy atom. The van der Waals surface area contributed by atoms with E-state index in [1.165, 1.54) is 30.8 Å². The number of methoxy groups -OCH3 is 1. The number of nitrogens with zero attached hydrogens (tertiary/aromatic N) is 2. The molecule has 1 aliphatic rings. The van der Waals surface area contributed by atoms with Crippen LogP contribution in [-0.2, 0) is 0 Å². The Bertz CT molecular complexity index is 328. The molecule has 88 valence electrons. The maximum atomic E-state index is 5.04. The second-order valence-electron chi connectivity index (χ2n) is 4.26. The van der Waals surface area contributed by atoms with Crippen LogP contribution in [0.3, 0.4) is 0 Å². The summed E-state index contributed by atoms with van der Waals surface area (Å²) in [6.45, 7) is 4.68. The topological polar surface area (TPSA) is 25.4 Å². The summed E-state index contributed by atoms with van der Waals surface area (Å²) >= 11 is 1.80. The fourth-order valence-corrected chi connectivity index (χ4v) is 3.00. The summed E-state index contributed by atoms with van der Waals surface area (Å²) in [5.74, 6) is 1.49. The highest BCUT2D eigenvalue weighted by molar-refractivity contribution is 7.97. The zero-order chi connectivity index (χ0) is 11.4. The molecule has 0 aliphatic carbocycles. The van der Waals surface area contributed by atoms with Crippen LogP contribution in [0.2, 0.25) is 0 Å². The van der Waals surface area contributed by atoms with Crippen LogP contribution >= 0.6 is 11.9 Å². The normalized spacial score (nSPS) is 22.0. The van der Waals surface area contributed by atoms with E-state index in [0.717, 1.165) is 5.92 Å². The highest BCUT2D eigenvalue weighted by Crippen LogP contribution is 2.28. The van der Waals surface area contributed by atoms with Crippen LogP contribution in [0.5, 0.6) is 5.88 Å². The van der Waals surface area contributed by atoms with E-state index < -0.39 is 0 Å². The molecular weight excluding hydrogens is 220 g/mol. The molecule has 0 spiro atoms. The van der Waals surface area contributed by atoms with Gasteiger partial charge in [-0.2, -0.15) is 0 Å². The van der Waals surface area contributed by atoms with Crippen LogP contribution in [-0.4, -0.2) is 29.5 Å². The van der Waals surface area contributed by atoms with Crippen molar-refractivity contribution in [3.63, 3.8) is 0 Å². The van der Waals surface area contributed by atoms with Gasteiger partial charge in [0, 0.05) is 30.2 Å². The number of rotatable bonds is 3. The van der Waals surface area contributed by atoms with Gasteiger partial charge in [0.05, 0.1) is 7.11 Å². The van der Waals surface area contributed by atoms with Gasteiger partial charge in [-0.1, -0.05) is 6.92 Å². The second-order valence-corrected chi connectivity index (χ2v) is 5.43. The summed E-state index contributed by atoms with van der Waals surface area (Å²) in [4.78, 5) is 5.40. The molecule has 1 aromatic rings. The van der Waals surface area contributed by atoms with Gasteiger partial charge in [0.15, 0.2) is 0 Å². The fourth-order valence-electron chi connectivity index (χ4n) is 1.92. The molecule has 1 saturated heterocycles. The van der Waals surface area contributed by atoms with Crippen molar-refractivity contribution < 1.29 is 4.74 Å². The standard InChI is InChI=1S/C12H18N2OS/c1-10-4-3-7-14(9-10)16-11-5-6-12(15-2)13-8-11/h5-6,8,10H,3-4,7,9H2,1-2H3. The third-order valence-corrected chi connectivity index (χ3v) is 3.81. The minimum Gasteiger partial charge on any atom is -0.481 e. The molecule has 1 atom stereocenters. The van der Waals surface area contributed by atoms with Crippen LogP contribution in [0.25, 0.3) is 0 Å². The van der Waals surface area contributed by atoms with E-state index in [9.17, 15) is 0 Å². The zero-order valence-electron chi connectivity index (χ0n) is 9.85. The van der Waals surface area contributed by atoms with Crippen molar-refractivity contribution in [1.82, 2.24) is 9.29 Å². The molecule has 0 amide bonds. The van der Waals surface area contributed by atoms with Crippen LogP contribution in [0.4, 0.5) is 0 Å². The van der Waals surface area contributed by atoms with Crippen molar-refractivity contribution >= 4 is 11.9 Å². The van der Waals surface area contributed by atoms with Crippen LogP contribution in [0.1, 0.15) is 19.8 Å². The lowest BCUT2D eigenvalue weighted by molar-refractivity contribution is 0.302. The Labute approximate surface area is 101 Å². The summed E-state index contributed by atoms with van der Waals surface area (Å²) in [7, 11) is 1.64. The Kier molecular flexibility index (Phi) is 4.07. The van der Waals surface area contributed by atoms with Gasteiger partial charge < -0.3 is 4.74 Å². The van der Waals surface area contributed by atoms with Crippen molar-refractivity contribution in [2.75, 3.05) is 20.2 Å². The Morgan fingerprint density at radius 2 is 2.38 bits per heavy atom. The molecule has 2 rings (SSSR count). The maximum absolute atomic E-state index is 5.04.